The summed E-state index contributed by atoms with van der Waals surface area (Å²) in [6.45, 7) is 4.15. The molecular weight excluding hydrogens is 234 g/mol. The largest absolute Gasteiger partial charge is 0.242 e. The van der Waals surface area contributed by atoms with Crippen LogP contribution in [0.5, 0.6) is 0 Å². The minimum absolute atomic E-state index is 1.09. The quantitative estimate of drug-likeness (QED) is 0.686. The first-order valence-corrected chi connectivity index (χ1v) is 5.36. The fourth-order valence-corrected chi connectivity index (χ4v) is 3.18. The van der Waals surface area contributed by atoms with E-state index in [-0.39, 0.29) is 0 Å². The van der Waals surface area contributed by atoms with Crippen LogP contribution in [0.2, 0.25) is 0 Å². The van der Waals surface area contributed by atoms with Crippen molar-refractivity contribution in [1.82, 2.24) is 4.98 Å². The van der Waals surface area contributed by atoms with E-state index in [2.05, 4.69) is 39.3 Å². The summed E-state index contributed by atoms with van der Waals surface area (Å²) in [6.07, 6.45) is 0. The molecule has 12 heavy (non-hydrogen) atoms. The Kier molecular flexibility index (Phi) is 1.93. The van der Waals surface area contributed by atoms with Crippen molar-refractivity contribution in [2.24, 2.45) is 0 Å². The second kappa shape index (κ2) is 2.82. The van der Waals surface area contributed by atoms with Gasteiger partial charge in [0.15, 0.2) is 0 Å². The van der Waals surface area contributed by atoms with Crippen LogP contribution in [-0.2, 0) is 0 Å². The standard InChI is InChI=1S/C9H8BrNS/c1-5-3-6(2)11-9-8(5)7(10)4-12-9/h3-4H,1-2H3. The van der Waals surface area contributed by atoms with Gasteiger partial charge in [0.1, 0.15) is 4.83 Å². The molecule has 1 nitrogen and oxygen atoms in total. The van der Waals surface area contributed by atoms with Crippen LogP contribution in [0.1, 0.15) is 11.3 Å². The van der Waals surface area contributed by atoms with Gasteiger partial charge in [-0.05, 0) is 41.4 Å². The van der Waals surface area contributed by atoms with Crippen molar-refractivity contribution in [3.8, 4) is 0 Å². The SMILES string of the molecule is Cc1cc(C)c2c(Br)csc2n1. The van der Waals surface area contributed by atoms with Gasteiger partial charge in [-0.15, -0.1) is 11.3 Å². The van der Waals surface area contributed by atoms with Gasteiger partial charge in [0.2, 0.25) is 0 Å². The molecule has 0 aliphatic rings. The summed E-state index contributed by atoms with van der Waals surface area (Å²) in [5.74, 6) is 0. The van der Waals surface area contributed by atoms with Gasteiger partial charge in [-0.25, -0.2) is 4.98 Å². The molecule has 2 heterocycles. The van der Waals surface area contributed by atoms with Crippen LogP contribution in [0.3, 0.4) is 0 Å². The molecule has 2 aromatic rings. The number of aryl methyl sites for hydroxylation is 2. The van der Waals surface area contributed by atoms with Crippen LogP contribution in [0.4, 0.5) is 0 Å². The molecule has 0 spiro atoms. The summed E-state index contributed by atoms with van der Waals surface area (Å²) >= 11 is 5.20. The Morgan fingerprint density at radius 1 is 1.42 bits per heavy atom. The average Bonchev–Trinajstić information content (AvgIpc) is 2.31. The Labute approximate surface area is 83.6 Å². The molecule has 0 aliphatic carbocycles. The number of nitrogens with zero attached hydrogens (tertiary/aromatic N) is 1. The smallest absolute Gasteiger partial charge is 0.124 e. The molecule has 0 saturated heterocycles. The van der Waals surface area contributed by atoms with Gasteiger partial charge >= 0.3 is 0 Å². The lowest BCUT2D eigenvalue weighted by Gasteiger charge is -1.98. The fourth-order valence-electron chi connectivity index (χ4n) is 1.34. The molecule has 0 atom stereocenters. The Morgan fingerprint density at radius 3 is 2.92 bits per heavy atom. The van der Waals surface area contributed by atoms with Gasteiger partial charge in [-0.2, -0.15) is 0 Å². The first-order chi connectivity index (χ1) is 5.68. The van der Waals surface area contributed by atoms with Crippen LogP contribution in [-0.4, -0.2) is 4.98 Å². The molecule has 0 bridgehead atoms. The van der Waals surface area contributed by atoms with Crippen LogP contribution in [0.15, 0.2) is 15.9 Å². The van der Waals surface area contributed by atoms with E-state index in [1.54, 1.807) is 11.3 Å². The molecule has 2 rings (SSSR count). The number of aromatic nitrogens is 1. The molecule has 0 fully saturated rings. The number of pyridine rings is 1. The number of hydrogen-bond acceptors (Lipinski definition) is 2. The second-order valence-electron chi connectivity index (χ2n) is 2.84. The molecule has 0 aromatic carbocycles. The highest BCUT2D eigenvalue weighted by molar-refractivity contribution is 9.10. The molecule has 0 amide bonds. The molecular formula is C9H8BrNS. The Bertz CT molecular complexity index is 433. The van der Waals surface area contributed by atoms with Gasteiger partial charge in [0.05, 0.1) is 0 Å². The lowest BCUT2D eigenvalue weighted by molar-refractivity contribution is 1.25. The summed E-state index contributed by atoms with van der Waals surface area (Å²) in [7, 11) is 0. The second-order valence-corrected chi connectivity index (χ2v) is 4.56. The van der Waals surface area contributed by atoms with E-state index in [1.165, 1.54) is 10.9 Å². The van der Waals surface area contributed by atoms with E-state index in [4.69, 9.17) is 0 Å². The van der Waals surface area contributed by atoms with Crippen LogP contribution in [0, 0.1) is 13.8 Å². The van der Waals surface area contributed by atoms with Crippen LogP contribution in [0.25, 0.3) is 10.2 Å². The maximum absolute atomic E-state index is 4.45. The lowest BCUT2D eigenvalue weighted by Crippen LogP contribution is -1.82. The molecule has 0 saturated carbocycles. The topological polar surface area (TPSA) is 12.9 Å². The van der Waals surface area contributed by atoms with Crippen molar-refractivity contribution in [2.45, 2.75) is 13.8 Å². The van der Waals surface area contributed by atoms with E-state index >= 15 is 0 Å². The fraction of sp³-hybridized carbons (Fsp3) is 0.222. The maximum Gasteiger partial charge on any atom is 0.124 e. The number of thiophene rings is 1. The van der Waals surface area contributed by atoms with Gasteiger partial charge in [-0.1, -0.05) is 0 Å². The van der Waals surface area contributed by atoms with E-state index < -0.39 is 0 Å². The number of hydrogen-bond donors (Lipinski definition) is 0. The highest BCUT2D eigenvalue weighted by Gasteiger charge is 2.05. The Hall–Kier alpha value is -0.410. The van der Waals surface area contributed by atoms with Crippen molar-refractivity contribution >= 4 is 37.5 Å². The first-order valence-electron chi connectivity index (χ1n) is 3.69. The third-order valence-electron chi connectivity index (χ3n) is 1.82. The summed E-state index contributed by atoms with van der Waals surface area (Å²) in [4.78, 5) is 5.57. The zero-order valence-electron chi connectivity index (χ0n) is 6.89. The van der Waals surface area contributed by atoms with Crippen molar-refractivity contribution in [1.29, 1.82) is 0 Å². The van der Waals surface area contributed by atoms with E-state index in [1.807, 2.05) is 6.92 Å². The van der Waals surface area contributed by atoms with Crippen molar-refractivity contribution < 1.29 is 0 Å². The summed E-state index contributed by atoms with van der Waals surface area (Å²) in [5, 5.41) is 3.34. The highest BCUT2D eigenvalue weighted by atomic mass is 79.9. The Balaban J connectivity index is 2.93. The number of fused-ring (bicyclic) bond motifs is 1. The summed E-state index contributed by atoms with van der Waals surface area (Å²) in [6, 6.07) is 2.11. The zero-order valence-corrected chi connectivity index (χ0v) is 9.29. The zero-order chi connectivity index (χ0) is 8.72. The lowest BCUT2D eigenvalue weighted by atomic mass is 10.2. The summed E-state index contributed by atoms with van der Waals surface area (Å²) in [5.41, 5.74) is 2.39. The molecule has 2 aromatic heterocycles. The third kappa shape index (κ3) is 1.17. The van der Waals surface area contributed by atoms with Gasteiger partial charge in [-0.3, -0.25) is 0 Å². The van der Waals surface area contributed by atoms with Crippen LogP contribution >= 0.6 is 27.3 Å². The molecule has 0 radical (unpaired) electrons. The van der Waals surface area contributed by atoms with Gasteiger partial charge in [0.25, 0.3) is 0 Å². The van der Waals surface area contributed by atoms with Crippen molar-refractivity contribution in [3.63, 3.8) is 0 Å². The predicted octanol–water partition coefficient (Wildman–Crippen LogP) is 3.68. The van der Waals surface area contributed by atoms with E-state index in [0.29, 0.717) is 0 Å². The monoisotopic (exact) mass is 241 g/mol. The van der Waals surface area contributed by atoms with E-state index in [0.717, 1.165) is 15.0 Å². The number of halogens is 1. The van der Waals surface area contributed by atoms with Crippen molar-refractivity contribution in [3.05, 3.63) is 27.2 Å². The van der Waals surface area contributed by atoms with Crippen molar-refractivity contribution in [2.75, 3.05) is 0 Å². The van der Waals surface area contributed by atoms with Gasteiger partial charge in [0, 0.05) is 20.9 Å². The molecule has 0 N–H and O–H groups in total. The first kappa shape index (κ1) is 8.20. The molecule has 0 unspecified atom stereocenters. The Morgan fingerprint density at radius 2 is 2.17 bits per heavy atom. The predicted molar refractivity (Wildman–Crippen MR) is 56.8 cm³/mol. The summed E-state index contributed by atoms with van der Waals surface area (Å²) < 4.78 is 1.16. The molecule has 3 heteroatoms. The highest BCUT2D eigenvalue weighted by Crippen LogP contribution is 2.31. The maximum atomic E-state index is 4.45. The third-order valence-corrected chi connectivity index (χ3v) is 3.63. The molecule has 0 aliphatic heterocycles. The normalized spacial score (nSPS) is 10.9. The minimum atomic E-state index is 1.09. The minimum Gasteiger partial charge on any atom is -0.242 e. The van der Waals surface area contributed by atoms with E-state index in [9.17, 15) is 0 Å². The van der Waals surface area contributed by atoms with Gasteiger partial charge < -0.3 is 0 Å². The number of rotatable bonds is 0. The molecule has 62 valence electrons. The van der Waals surface area contributed by atoms with Crippen LogP contribution < -0.4 is 0 Å². The average molecular weight is 242 g/mol.